The molecule has 2 atom stereocenters. The van der Waals surface area contributed by atoms with Crippen molar-refractivity contribution in [3.05, 3.63) is 12.7 Å². The van der Waals surface area contributed by atoms with Crippen molar-refractivity contribution in [1.82, 2.24) is 4.90 Å². The summed E-state index contributed by atoms with van der Waals surface area (Å²) in [6.07, 6.45) is 5.48. The molecular formula is C12H21NO. The van der Waals surface area contributed by atoms with Gasteiger partial charge in [0, 0.05) is 19.0 Å². The van der Waals surface area contributed by atoms with Gasteiger partial charge in [-0.2, -0.15) is 0 Å². The van der Waals surface area contributed by atoms with Crippen molar-refractivity contribution in [3.8, 4) is 0 Å². The van der Waals surface area contributed by atoms with E-state index >= 15 is 0 Å². The lowest BCUT2D eigenvalue weighted by Gasteiger charge is -2.30. The van der Waals surface area contributed by atoms with E-state index in [4.69, 9.17) is 0 Å². The Labute approximate surface area is 87.0 Å². The lowest BCUT2D eigenvalue weighted by Crippen LogP contribution is -2.40. The van der Waals surface area contributed by atoms with Gasteiger partial charge in [-0.1, -0.05) is 19.9 Å². The first-order valence-corrected chi connectivity index (χ1v) is 5.58. The molecule has 0 aromatic carbocycles. The van der Waals surface area contributed by atoms with Crippen molar-refractivity contribution in [2.24, 2.45) is 11.8 Å². The summed E-state index contributed by atoms with van der Waals surface area (Å²) in [4.78, 5) is 14.0. The van der Waals surface area contributed by atoms with Crippen LogP contribution >= 0.6 is 0 Å². The van der Waals surface area contributed by atoms with Gasteiger partial charge in [-0.05, 0) is 25.2 Å². The summed E-state index contributed by atoms with van der Waals surface area (Å²) < 4.78 is 0. The highest BCUT2D eigenvalue weighted by Gasteiger charge is 2.24. The van der Waals surface area contributed by atoms with E-state index in [0.717, 1.165) is 13.1 Å². The highest BCUT2D eigenvalue weighted by Crippen LogP contribution is 2.18. The fourth-order valence-corrected chi connectivity index (χ4v) is 1.83. The topological polar surface area (TPSA) is 20.3 Å². The number of allylic oxidation sites excluding steroid dienone is 1. The average molecular weight is 195 g/mol. The number of likely N-dealkylation sites (tertiary alicyclic amines) is 1. The maximum atomic E-state index is 12.0. The quantitative estimate of drug-likeness (QED) is 0.633. The Bertz CT molecular complexity index is 206. The Morgan fingerprint density at radius 3 is 2.36 bits per heavy atom. The van der Waals surface area contributed by atoms with Gasteiger partial charge in [0.05, 0.1) is 0 Å². The molecule has 1 aliphatic rings. The second-order valence-electron chi connectivity index (χ2n) is 4.27. The fourth-order valence-electron chi connectivity index (χ4n) is 1.83. The number of rotatable bonds is 3. The molecule has 1 rings (SSSR count). The predicted octanol–water partition coefficient (Wildman–Crippen LogP) is 2.46. The summed E-state index contributed by atoms with van der Waals surface area (Å²) in [5, 5.41) is 0. The third-order valence-corrected chi connectivity index (χ3v) is 3.22. The van der Waals surface area contributed by atoms with E-state index in [1.807, 2.05) is 17.9 Å². The molecule has 0 aromatic rings. The summed E-state index contributed by atoms with van der Waals surface area (Å²) >= 11 is 0. The number of hydrogen-bond acceptors (Lipinski definition) is 1. The molecule has 1 heterocycles. The number of piperidine rings is 1. The second-order valence-corrected chi connectivity index (χ2v) is 4.27. The second kappa shape index (κ2) is 5.18. The first kappa shape index (κ1) is 11.3. The van der Waals surface area contributed by atoms with E-state index in [9.17, 15) is 4.79 Å². The van der Waals surface area contributed by atoms with E-state index < -0.39 is 0 Å². The lowest BCUT2D eigenvalue weighted by molar-refractivity contribution is -0.136. The summed E-state index contributed by atoms with van der Waals surface area (Å²) in [7, 11) is 0. The van der Waals surface area contributed by atoms with E-state index in [-0.39, 0.29) is 11.8 Å². The normalized spacial score (nSPS) is 21.4. The minimum absolute atomic E-state index is 0.0885. The zero-order chi connectivity index (χ0) is 10.6. The molecule has 0 aromatic heterocycles. The molecule has 0 N–H and O–H groups in total. The number of carbonyl (C=O) groups excluding carboxylic acids is 1. The Morgan fingerprint density at radius 2 is 1.86 bits per heavy atom. The van der Waals surface area contributed by atoms with Crippen LogP contribution in [0.1, 0.15) is 33.1 Å². The van der Waals surface area contributed by atoms with Crippen LogP contribution in [0.15, 0.2) is 12.7 Å². The molecule has 0 bridgehead atoms. The van der Waals surface area contributed by atoms with Crippen molar-refractivity contribution < 1.29 is 4.79 Å². The molecule has 1 fully saturated rings. The van der Waals surface area contributed by atoms with Crippen LogP contribution in [0.3, 0.4) is 0 Å². The molecule has 2 nitrogen and oxygen atoms in total. The van der Waals surface area contributed by atoms with Crippen LogP contribution < -0.4 is 0 Å². The molecule has 0 aliphatic carbocycles. The van der Waals surface area contributed by atoms with E-state index in [2.05, 4.69) is 13.5 Å². The molecule has 0 unspecified atom stereocenters. The van der Waals surface area contributed by atoms with Gasteiger partial charge < -0.3 is 4.90 Å². The molecule has 14 heavy (non-hydrogen) atoms. The SMILES string of the molecule is C=C[C@@H](C)[C@H](C)C(=O)N1CCCCC1. The maximum absolute atomic E-state index is 12.0. The summed E-state index contributed by atoms with van der Waals surface area (Å²) in [6, 6.07) is 0. The first-order chi connectivity index (χ1) is 6.66. The van der Waals surface area contributed by atoms with Crippen LogP contribution in [0.2, 0.25) is 0 Å². The Morgan fingerprint density at radius 1 is 1.29 bits per heavy atom. The zero-order valence-corrected chi connectivity index (χ0v) is 9.33. The van der Waals surface area contributed by atoms with Gasteiger partial charge in [-0.25, -0.2) is 0 Å². The first-order valence-electron chi connectivity index (χ1n) is 5.58. The van der Waals surface area contributed by atoms with Crippen molar-refractivity contribution in [3.63, 3.8) is 0 Å². The van der Waals surface area contributed by atoms with E-state index in [1.165, 1.54) is 19.3 Å². The third-order valence-electron chi connectivity index (χ3n) is 3.22. The zero-order valence-electron chi connectivity index (χ0n) is 9.33. The van der Waals surface area contributed by atoms with Gasteiger partial charge in [0.25, 0.3) is 0 Å². The molecule has 1 saturated heterocycles. The molecule has 80 valence electrons. The molecule has 0 radical (unpaired) electrons. The van der Waals surface area contributed by atoms with Crippen LogP contribution in [0.5, 0.6) is 0 Å². The van der Waals surface area contributed by atoms with Gasteiger partial charge in [0.1, 0.15) is 0 Å². The minimum Gasteiger partial charge on any atom is -0.342 e. The smallest absolute Gasteiger partial charge is 0.225 e. The molecule has 2 heteroatoms. The third kappa shape index (κ3) is 2.60. The largest absolute Gasteiger partial charge is 0.342 e. The van der Waals surface area contributed by atoms with Gasteiger partial charge in [0.2, 0.25) is 5.91 Å². The Hall–Kier alpha value is -0.790. The highest BCUT2D eigenvalue weighted by molar-refractivity contribution is 5.79. The van der Waals surface area contributed by atoms with Crippen LogP contribution in [0.25, 0.3) is 0 Å². The molecule has 0 spiro atoms. The van der Waals surface area contributed by atoms with E-state index in [0.29, 0.717) is 5.91 Å². The number of carbonyl (C=O) groups is 1. The van der Waals surface area contributed by atoms with Crippen molar-refractivity contribution in [2.45, 2.75) is 33.1 Å². The Kier molecular flexibility index (Phi) is 4.18. The van der Waals surface area contributed by atoms with Crippen molar-refractivity contribution in [1.29, 1.82) is 0 Å². The van der Waals surface area contributed by atoms with E-state index in [1.54, 1.807) is 0 Å². The van der Waals surface area contributed by atoms with Crippen LogP contribution in [-0.4, -0.2) is 23.9 Å². The predicted molar refractivity (Wildman–Crippen MR) is 59.0 cm³/mol. The number of nitrogens with zero attached hydrogens (tertiary/aromatic N) is 1. The summed E-state index contributed by atoms with van der Waals surface area (Å²) in [5.74, 6) is 0.673. The monoisotopic (exact) mass is 195 g/mol. The Balaban J connectivity index is 2.49. The minimum atomic E-state index is 0.0885. The van der Waals surface area contributed by atoms with Gasteiger partial charge in [0.15, 0.2) is 0 Å². The summed E-state index contributed by atoms with van der Waals surface area (Å²) in [6.45, 7) is 9.70. The summed E-state index contributed by atoms with van der Waals surface area (Å²) in [5.41, 5.74) is 0. The van der Waals surface area contributed by atoms with Crippen LogP contribution in [0, 0.1) is 11.8 Å². The number of hydrogen-bond donors (Lipinski definition) is 0. The molecule has 1 aliphatic heterocycles. The highest BCUT2D eigenvalue weighted by atomic mass is 16.2. The van der Waals surface area contributed by atoms with Gasteiger partial charge in [-0.3, -0.25) is 4.79 Å². The number of amides is 1. The lowest BCUT2D eigenvalue weighted by atomic mass is 9.94. The molecular weight excluding hydrogens is 174 g/mol. The molecule has 1 amide bonds. The maximum Gasteiger partial charge on any atom is 0.225 e. The standard InChI is InChI=1S/C12H21NO/c1-4-10(2)11(3)12(14)13-8-6-5-7-9-13/h4,10-11H,1,5-9H2,2-3H3/t10-,11+/m1/s1. The average Bonchev–Trinajstić information content (AvgIpc) is 2.27. The van der Waals surface area contributed by atoms with Crippen LogP contribution in [0.4, 0.5) is 0 Å². The molecule has 0 saturated carbocycles. The van der Waals surface area contributed by atoms with Crippen LogP contribution in [-0.2, 0) is 4.79 Å². The fraction of sp³-hybridized carbons (Fsp3) is 0.750. The van der Waals surface area contributed by atoms with Crippen molar-refractivity contribution >= 4 is 5.91 Å². The van der Waals surface area contributed by atoms with Gasteiger partial charge >= 0.3 is 0 Å². The van der Waals surface area contributed by atoms with Crippen molar-refractivity contribution in [2.75, 3.05) is 13.1 Å². The van der Waals surface area contributed by atoms with Gasteiger partial charge in [-0.15, -0.1) is 6.58 Å².